The molecule has 0 heterocycles. The van der Waals surface area contributed by atoms with Crippen molar-refractivity contribution in [2.45, 2.75) is 115 Å². The van der Waals surface area contributed by atoms with E-state index in [1.807, 2.05) is 6.07 Å². The largest absolute Gasteiger partial charge is 0.398 e. The van der Waals surface area contributed by atoms with Gasteiger partial charge in [-0.05, 0) is 91.6 Å². The number of rotatable bonds is 9. The third-order valence-electron chi connectivity index (χ3n) is 13.5. The highest BCUT2D eigenvalue weighted by molar-refractivity contribution is 7.89. The van der Waals surface area contributed by atoms with E-state index in [0.29, 0.717) is 53.0 Å². The summed E-state index contributed by atoms with van der Waals surface area (Å²) in [5.74, 6) is 2.66. The molecule has 4 aliphatic rings. The van der Waals surface area contributed by atoms with Crippen molar-refractivity contribution in [3.05, 3.63) is 36.4 Å². The number of nitrogens with zero attached hydrogens (tertiary/aromatic N) is 1. The number of benzene rings is 2. The van der Waals surface area contributed by atoms with Crippen molar-refractivity contribution in [1.29, 1.82) is 0 Å². The molecule has 10 atom stereocenters. The molecule has 4 saturated carbocycles. The van der Waals surface area contributed by atoms with Crippen LogP contribution < -0.4 is 10.6 Å². The van der Waals surface area contributed by atoms with Crippen LogP contribution in [0.3, 0.4) is 0 Å². The summed E-state index contributed by atoms with van der Waals surface area (Å²) in [5.41, 5.74) is 5.36. The predicted molar refractivity (Wildman–Crippen MR) is 182 cm³/mol. The molecule has 248 valence electrons. The summed E-state index contributed by atoms with van der Waals surface area (Å²) in [5, 5.41) is 29.2. The van der Waals surface area contributed by atoms with E-state index in [1.54, 1.807) is 36.5 Å². The fraction of sp³-hybridized carbons (Fsp3) is 0.703. The summed E-state index contributed by atoms with van der Waals surface area (Å²) in [6.45, 7) is 11.8. The standard InChI is InChI=1S/C37H55N3O4S/c1-23(2)9-6-10-24(3)28-15-16-29-34-30(18-19-35(28,29)4)36(5)20-17-25(41)21-37(36,42)31(34)22-39-40-45(43,44)33-14-8-11-26-27(33)12-7-13-32(26)38/h7-8,11-14,22-25,28-31,34,40-42H,6,9-10,15-21,38H2,1-5H3/b39-22+/t24-,25+,28-,29?,30+,31-,34+,35-,36-,37-/m1/s1. The molecule has 5 N–H and O–H groups in total. The Morgan fingerprint density at radius 2 is 1.73 bits per heavy atom. The van der Waals surface area contributed by atoms with E-state index in [4.69, 9.17) is 5.73 Å². The van der Waals surface area contributed by atoms with Gasteiger partial charge >= 0.3 is 0 Å². The van der Waals surface area contributed by atoms with Gasteiger partial charge in [-0.1, -0.05) is 78.1 Å². The summed E-state index contributed by atoms with van der Waals surface area (Å²) in [6, 6.07) is 10.3. The van der Waals surface area contributed by atoms with Crippen molar-refractivity contribution in [2.75, 3.05) is 5.73 Å². The van der Waals surface area contributed by atoms with Crippen LogP contribution in [0.5, 0.6) is 0 Å². The number of hydrazone groups is 1. The second-order valence-electron chi connectivity index (χ2n) is 16.2. The number of aliphatic hydroxyl groups excluding tert-OH is 1. The fourth-order valence-electron chi connectivity index (χ4n) is 11.2. The zero-order valence-corrected chi connectivity index (χ0v) is 28.7. The van der Waals surface area contributed by atoms with Crippen molar-refractivity contribution in [2.24, 2.45) is 57.4 Å². The number of fused-ring (bicyclic) bond motifs is 6. The predicted octanol–water partition coefficient (Wildman–Crippen LogP) is 7.12. The molecule has 0 amide bonds. The average Bonchev–Trinajstić information content (AvgIpc) is 3.42. The molecule has 0 aliphatic heterocycles. The first-order chi connectivity index (χ1) is 21.2. The van der Waals surface area contributed by atoms with Crippen molar-refractivity contribution in [1.82, 2.24) is 4.83 Å². The number of anilines is 1. The Morgan fingerprint density at radius 1 is 1.00 bits per heavy atom. The van der Waals surface area contributed by atoms with Gasteiger partial charge in [-0.25, -0.2) is 4.83 Å². The Morgan fingerprint density at radius 3 is 2.49 bits per heavy atom. The lowest BCUT2D eigenvalue weighted by Gasteiger charge is -2.52. The van der Waals surface area contributed by atoms with Gasteiger partial charge in [-0.2, -0.15) is 13.5 Å². The van der Waals surface area contributed by atoms with Gasteiger partial charge in [0.1, 0.15) is 0 Å². The highest BCUT2D eigenvalue weighted by Gasteiger charge is 2.71. The van der Waals surface area contributed by atoms with Crippen molar-refractivity contribution in [3.8, 4) is 0 Å². The van der Waals surface area contributed by atoms with Gasteiger partial charge in [-0.15, -0.1) is 0 Å². The average molecular weight is 638 g/mol. The molecule has 2 aromatic rings. The maximum Gasteiger partial charge on any atom is 0.277 e. The summed E-state index contributed by atoms with van der Waals surface area (Å²) in [7, 11) is -4.00. The van der Waals surface area contributed by atoms with Crippen molar-refractivity contribution >= 4 is 32.7 Å². The minimum atomic E-state index is -4.00. The monoisotopic (exact) mass is 637 g/mol. The van der Waals surface area contributed by atoms with Crippen LogP contribution in [0.2, 0.25) is 0 Å². The smallest absolute Gasteiger partial charge is 0.277 e. The van der Waals surface area contributed by atoms with Crippen LogP contribution in [-0.2, 0) is 10.0 Å². The zero-order chi connectivity index (χ0) is 32.4. The first-order valence-electron chi connectivity index (χ1n) is 17.5. The minimum absolute atomic E-state index is 0.126. The molecule has 8 heteroatoms. The van der Waals surface area contributed by atoms with Crippen molar-refractivity contribution in [3.63, 3.8) is 0 Å². The Bertz CT molecular complexity index is 1540. The molecule has 7 nitrogen and oxygen atoms in total. The Kier molecular flexibility index (Phi) is 8.61. The number of hydrogen-bond acceptors (Lipinski definition) is 6. The molecule has 45 heavy (non-hydrogen) atoms. The van der Waals surface area contributed by atoms with Crippen LogP contribution in [-0.4, -0.2) is 36.6 Å². The molecule has 0 spiro atoms. The lowest BCUT2D eigenvalue weighted by atomic mass is 9.53. The molecular formula is C37H55N3O4S. The number of nitrogens with two attached hydrogens (primary N) is 1. The second kappa shape index (κ2) is 11.8. The quantitative estimate of drug-likeness (QED) is 0.132. The molecular weight excluding hydrogens is 582 g/mol. The molecule has 0 bridgehead atoms. The highest BCUT2D eigenvalue weighted by Crippen LogP contribution is 2.72. The van der Waals surface area contributed by atoms with Gasteiger partial charge in [0.15, 0.2) is 0 Å². The maximum atomic E-state index is 13.6. The summed E-state index contributed by atoms with van der Waals surface area (Å²) < 4.78 is 27.2. The van der Waals surface area contributed by atoms with E-state index in [9.17, 15) is 18.6 Å². The lowest BCUT2D eigenvalue weighted by molar-refractivity contribution is -0.142. The molecule has 0 saturated heterocycles. The fourth-order valence-corrected chi connectivity index (χ4v) is 12.2. The van der Waals surface area contributed by atoms with E-state index in [2.05, 4.69) is 44.6 Å². The Hall–Kier alpha value is -2.16. The third kappa shape index (κ3) is 5.31. The van der Waals surface area contributed by atoms with Gasteiger partial charge in [0.05, 0.1) is 16.6 Å². The summed E-state index contributed by atoms with van der Waals surface area (Å²) >= 11 is 0. The van der Waals surface area contributed by atoms with Crippen molar-refractivity contribution < 1.29 is 18.6 Å². The van der Waals surface area contributed by atoms with E-state index in [0.717, 1.165) is 25.2 Å². The number of nitrogens with one attached hydrogen (secondary N) is 1. The Balaban J connectivity index is 1.31. The first-order valence-corrected chi connectivity index (χ1v) is 18.9. The number of nitrogen functional groups attached to an aromatic ring is 1. The normalized spacial score (nSPS) is 38.8. The van der Waals surface area contributed by atoms with Gasteiger partial charge in [0, 0.05) is 40.4 Å². The van der Waals surface area contributed by atoms with Gasteiger partial charge < -0.3 is 15.9 Å². The summed E-state index contributed by atoms with van der Waals surface area (Å²) in [4.78, 5) is 2.63. The zero-order valence-electron chi connectivity index (χ0n) is 27.9. The van der Waals surface area contributed by atoms with E-state index < -0.39 is 21.7 Å². The molecule has 6 rings (SSSR count). The first kappa shape index (κ1) is 32.8. The van der Waals surface area contributed by atoms with Crippen LogP contribution >= 0.6 is 0 Å². The minimum Gasteiger partial charge on any atom is -0.398 e. The van der Waals surface area contributed by atoms with Gasteiger partial charge in [0.2, 0.25) is 0 Å². The van der Waals surface area contributed by atoms with Crippen LogP contribution in [0.25, 0.3) is 10.8 Å². The number of sulfonamides is 1. The van der Waals surface area contributed by atoms with Crippen LogP contribution in [0.4, 0.5) is 5.69 Å². The molecule has 0 aromatic heterocycles. The summed E-state index contributed by atoms with van der Waals surface area (Å²) in [6.07, 6.45) is 11.3. The topological polar surface area (TPSA) is 125 Å². The highest BCUT2D eigenvalue weighted by atomic mass is 32.2. The number of hydrogen-bond donors (Lipinski definition) is 4. The Labute approximate surface area is 270 Å². The number of aliphatic hydroxyl groups is 2. The van der Waals surface area contributed by atoms with Crippen LogP contribution in [0.15, 0.2) is 46.4 Å². The van der Waals surface area contributed by atoms with Gasteiger partial charge in [0.25, 0.3) is 10.0 Å². The van der Waals surface area contributed by atoms with Crippen LogP contribution in [0, 0.1) is 52.3 Å². The molecule has 4 aliphatic carbocycles. The lowest BCUT2D eigenvalue weighted by Crippen LogP contribution is -2.54. The van der Waals surface area contributed by atoms with E-state index in [-0.39, 0.29) is 27.6 Å². The molecule has 4 fully saturated rings. The third-order valence-corrected chi connectivity index (χ3v) is 14.7. The van der Waals surface area contributed by atoms with Crippen LogP contribution in [0.1, 0.15) is 98.8 Å². The second-order valence-corrected chi connectivity index (χ2v) is 17.8. The molecule has 0 radical (unpaired) electrons. The molecule has 2 aromatic carbocycles. The van der Waals surface area contributed by atoms with E-state index >= 15 is 0 Å². The SMILES string of the molecule is CC(C)CCC[C@@H](C)[C@H]1CCC2[C@@H]3[C@@H](/C=N/NS(=O)(=O)c4cccc5c(N)cccc45)[C@]4(O)C[C@@H](O)CC[C@]4(C)[C@H]3CC[C@@]21C. The van der Waals surface area contributed by atoms with E-state index in [1.165, 1.54) is 32.1 Å². The maximum absolute atomic E-state index is 13.6. The molecule has 1 unspecified atom stereocenters. The van der Waals surface area contributed by atoms with Gasteiger partial charge in [-0.3, -0.25) is 0 Å².